The van der Waals surface area contributed by atoms with E-state index >= 15 is 0 Å². The zero-order valence-corrected chi connectivity index (χ0v) is 14.3. The Morgan fingerprint density at radius 3 is 2.48 bits per heavy atom. The minimum absolute atomic E-state index is 0.371. The van der Waals surface area contributed by atoms with Crippen LogP contribution in [-0.2, 0) is 4.79 Å². The van der Waals surface area contributed by atoms with E-state index in [4.69, 9.17) is 21.1 Å². The summed E-state index contributed by atoms with van der Waals surface area (Å²) in [7, 11) is 0. The van der Waals surface area contributed by atoms with Crippen LogP contribution in [0, 0.1) is 11.8 Å². The van der Waals surface area contributed by atoms with Crippen LogP contribution in [0.5, 0.6) is 11.5 Å². The molecule has 2 rings (SSSR count). The quantitative estimate of drug-likeness (QED) is 0.442. The van der Waals surface area contributed by atoms with Crippen molar-refractivity contribution in [2.75, 3.05) is 6.61 Å². The van der Waals surface area contributed by atoms with Gasteiger partial charge in [-0.25, -0.2) is 0 Å². The molecule has 0 aliphatic heterocycles. The van der Waals surface area contributed by atoms with Gasteiger partial charge >= 0.3 is 5.97 Å². The number of hydrogen-bond donors (Lipinski definition) is 0. The van der Waals surface area contributed by atoms with Gasteiger partial charge in [-0.2, -0.15) is 0 Å². The van der Waals surface area contributed by atoms with Crippen LogP contribution in [0.2, 0.25) is 5.02 Å². The van der Waals surface area contributed by atoms with Crippen LogP contribution in [0.3, 0.4) is 0 Å². The number of benzene rings is 2. The molecule has 0 radical (unpaired) electrons. The highest BCUT2D eigenvalue weighted by atomic mass is 35.5. The molecule has 2 aromatic rings. The van der Waals surface area contributed by atoms with Crippen LogP contribution < -0.4 is 9.47 Å². The third kappa shape index (κ3) is 5.55. The average molecular weight is 347 g/mol. The van der Waals surface area contributed by atoms with E-state index in [0.29, 0.717) is 17.4 Å². The molecule has 0 bridgehead atoms. The Bertz CT molecular complexity index is 745. The van der Waals surface area contributed by atoms with Crippen molar-refractivity contribution in [3.8, 4) is 23.3 Å². The number of carbonyl (C=O) groups is 1. The molecule has 23 heavy (non-hydrogen) atoms. The minimum atomic E-state index is -0.371. The van der Waals surface area contributed by atoms with E-state index in [1.807, 2.05) is 30.3 Å². The predicted octanol–water partition coefficient (Wildman–Crippen LogP) is 4.82. The smallest absolute Gasteiger partial charge is 0.308 e. The van der Waals surface area contributed by atoms with Crippen molar-refractivity contribution >= 4 is 29.3 Å². The highest BCUT2D eigenvalue weighted by Crippen LogP contribution is 2.36. The van der Waals surface area contributed by atoms with Gasteiger partial charge in [0.1, 0.15) is 18.1 Å². The molecule has 0 saturated carbocycles. The summed E-state index contributed by atoms with van der Waals surface area (Å²) in [6, 6.07) is 12.9. The predicted molar refractivity (Wildman–Crippen MR) is 92.3 cm³/mol. The number of halogens is 1. The lowest BCUT2D eigenvalue weighted by Crippen LogP contribution is -2.01. The Kier molecular flexibility index (Phi) is 6.40. The molecule has 0 aromatic heterocycles. The first kappa shape index (κ1) is 17.3. The molecule has 5 heteroatoms. The van der Waals surface area contributed by atoms with Crippen molar-refractivity contribution in [2.24, 2.45) is 0 Å². The second-order valence-electron chi connectivity index (χ2n) is 4.47. The van der Waals surface area contributed by atoms with Gasteiger partial charge in [-0.3, -0.25) is 4.79 Å². The van der Waals surface area contributed by atoms with Gasteiger partial charge in [0.25, 0.3) is 0 Å². The molecule has 0 saturated heterocycles. The largest absolute Gasteiger partial charge is 0.481 e. The van der Waals surface area contributed by atoms with Gasteiger partial charge in [0.15, 0.2) is 0 Å². The van der Waals surface area contributed by atoms with Crippen molar-refractivity contribution in [3.63, 3.8) is 0 Å². The summed E-state index contributed by atoms with van der Waals surface area (Å²) in [5.74, 6) is 6.46. The molecule has 0 aliphatic rings. The van der Waals surface area contributed by atoms with Crippen molar-refractivity contribution in [1.82, 2.24) is 0 Å². The van der Waals surface area contributed by atoms with Gasteiger partial charge in [-0.15, -0.1) is 5.92 Å². The van der Waals surface area contributed by atoms with E-state index in [-0.39, 0.29) is 5.97 Å². The molecule has 0 unspecified atom stereocenters. The van der Waals surface area contributed by atoms with Crippen LogP contribution in [0.1, 0.15) is 13.8 Å². The van der Waals surface area contributed by atoms with Crippen molar-refractivity contribution in [2.45, 2.75) is 23.6 Å². The molecule has 3 nitrogen and oxygen atoms in total. The molecule has 0 fully saturated rings. The number of ether oxygens (including phenoxy) is 2. The van der Waals surface area contributed by atoms with E-state index in [2.05, 4.69) is 11.8 Å². The normalized spacial score (nSPS) is 9.70. The Balaban J connectivity index is 2.03. The first-order valence-electron chi connectivity index (χ1n) is 6.87. The molecular formula is C18H15ClO3S. The van der Waals surface area contributed by atoms with Crippen molar-refractivity contribution < 1.29 is 14.3 Å². The van der Waals surface area contributed by atoms with Gasteiger partial charge in [0.05, 0.1) is 5.02 Å². The second-order valence-corrected chi connectivity index (χ2v) is 6.00. The first-order chi connectivity index (χ1) is 11.1. The molecular weight excluding hydrogens is 332 g/mol. The summed E-state index contributed by atoms with van der Waals surface area (Å²) >= 11 is 7.75. The highest BCUT2D eigenvalue weighted by Gasteiger charge is 2.06. The third-order valence-electron chi connectivity index (χ3n) is 2.70. The molecule has 118 valence electrons. The fourth-order valence-electron chi connectivity index (χ4n) is 1.72. The fourth-order valence-corrected chi connectivity index (χ4v) is 2.82. The van der Waals surface area contributed by atoms with Gasteiger partial charge in [-0.05, 0) is 43.3 Å². The Hall–Kier alpha value is -2.09. The first-order valence-corrected chi connectivity index (χ1v) is 8.06. The summed E-state index contributed by atoms with van der Waals surface area (Å²) in [6.45, 7) is 3.51. The van der Waals surface area contributed by atoms with Gasteiger partial charge < -0.3 is 9.47 Å². The second kappa shape index (κ2) is 8.52. The fraction of sp³-hybridized carbons (Fsp3) is 0.167. The van der Waals surface area contributed by atoms with Crippen molar-refractivity contribution in [1.29, 1.82) is 0 Å². The maximum Gasteiger partial charge on any atom is 0.308 e. The summed E-state index contributed by atoms with van der Waals surface area (Å²) in [6.07, 6.45) is 0. The standard InChI is InChI=1S/C18H15ClO3S/c1-3-4-11-21-14-5-8-16(9-6-14)23-18-10-7-15(12-17(18)19)22-13(2)20/h5-10,12H,11H2,1-2H3. The minimum Gasteiger partial charge on any atom is -0.481 e. The van der Waals surface area contributed by atoms with Crippen LogP contribution in [0.4, 0.5) is 0 Å². The van der Waals surface area contributed by atoms with Gasteiger partial charge in [0.2, 0.25) is 0 Å². The average Bonchev–Trinajstić information content (AvgIpc) is 2.51. The topological polar surface area (TPSA) is 35.5 Å². The Morgan fingerprint density at radius 2 is 1.87 bits per heavy atom. The van der Waals surface area contributed by atoms with E-state index in [9.17, 15) is 4.79 Å². The van der Waals surface area contributed by atoms with Crippen LogP contribution in [-0.4, -0.2) is 12.6 Å². The zero-order valence-electron chi connectivity index (χ0n) is 12.8. The Labute approximate surface area is 144 Å². The van der Waals surface area contributed by atoms with Crippen LogP contribution >= 0.6 is 23.4 Å². The van der Waals surface area contributed by atoms with Crippen LogP contribution in [0.25, 0.3) is 0 Å². The monoisotopic (exact) mass is 346 g/mol. The van der Waals surface area contributed by atoms with E-state index in [0.717, 1.165) is 15.5 Å². The molecule has 0 N–H and O–H groups in total. The van der Waals surface area contributed by atoms with Crippen LogP contribution in [0.15, 0.2) is 52.3 Å². The van der Waals surface area contributed by atoms with E-state index < -0.39 is 0 Å². The maximum absolute atomic E-state index is 10.9. The molecule has 2 aromatic carbocycles. The maximum atomic E-state index is 10.9. The lowest BCUT2D eigenvalue weighted by atomic mass is 10.3. The number of hydrogen-bond acceptors (Lipinski definition) is 4. The SMILES string of the molecule is CC#CCOc1ccc(Sc2ccc(OC(C)=O)cc2Cl)cc1. The van der Waals surface area contributed by atoms with E-state index in [1.165, 1.54) is 18.7 Å². The number of rotatable bonds is 5. The highest BCUT2D eigenvalue weighted by molar-refractivity contribution is 7.99. The molecule has 0 spiro atoms. The van der Waals surface area contributed by atoms with E-state index in [1.54, 1.807) is 19.1 Å². The van der Waals surface area contributed by atoms with Gasteiger partial charge in [-0.1, -0.05) is 29.3 Å². The number of carbonyl (C=O) groups excluding carboxylic acids is 1. The molecule has 0 heterocycles. The summed E-state index contributed by atoms with van der Waals surface area (Å²) in [4.78, 5) is 12.8. The zero-order chi connectivity index (χ0) is 16.7. The lowest BCUT2D eigenvalue weighted by Gasteiger charge is -2.08. The molecule has 0 atom stereocenters. The molecule has 0 amide bonds. The summed E-state index contributed by atoms with van der Waals surface area (Å²) in [5, 5.41) is 0.535. The lowest BCUT2D eigenvalue weighted by molar-refractivity contribution is -0.131. The summed E-state index contributed by atoms with van der Waals surface area (Å²) < 4.78 is 10.5. The third-order valence-corrected chi connectivity index (χ3v) is 4.21. The van der Waals surface area contributed by atoms with Crippen molar-refractivity contribution in [3.05, 3.63) is 47.5 Å². The molecule has 0 aliphatic carbocycles. The Morgan fingerprint density at radius 1 is 1.17 bits per heavy atom. The van der Waals surface area contributed by atoms with Gasteiger partial charge in [0, 0.05) is 22.8 Å². The number of esters is 1. The summed E-state index contributed by atoms with van der Waals surface area (Å²) in [5.41, 5.74) is 0.